The molecular formula is C23H31N3O2. The lowest BCUT2D eigenvalue weighted by Gasteiger charge is -2.32. The van der Waals surface area contributed by atoms with E-state index in [1.807, 2.05) is 55.5 Å². The largest absolute Gasteiger partial charge is 0.487 e. The van der Waals surface area contributed by atoms with Crippen molar-refractivity contribution in [3.05, 3.63) is 59.7 Å². The highest BCUT2D eigenvalue weighted by atomic mass is 16.5. The van der Waals surface area contributed by atoms with Crippen molar-refractivity contribution < 1.29 is 9.53 Å². The van der Waals surface area contributed by atoms with Crippen LogP contribution in [-0.2, 0) is 6.61 Å². The van der Waals surface area contributed by atoms with Crippen LogP contribution in [0.15, 0.2) is 48.5 Å². The standard InChI is InChI=1S/C23H31N3O2/c1-3-13-26-14-11-20(12-15-26)24-23(27)25-21-10-9-18(2)16-22(21)28-17-19-7-5-4-6-8-19/h4-10,16,20H,3,11-15,17H2,1-2H3,(H2,24,25,27). The maximum absolute atomic E-state index is 12.5. The number of ether oxygens (including phenoxy) is 1. The fraction of sp³-hybridized carbons (Fsp3) is 0.435. The Hall–Kier alpha value is -2.53. The number of hydrogen-bond donors (Lipinski definition) is 2. The van der Waals surface area contributed by atoms with E-state index < -0.39 is 0 Å². The van der Waals surface area contributed by atoms with Crippen LogP contribution < -0.4 is 15.4 Å². The first kappa shape index (κ1) is 20.2. The van der Waals surface area contributed by atoms with Crippen molar-refractivity contribution in [2.24, 2.45) is 0 Å². The second-order valence-electron chi connectivity index (χ2n) is 7.49. The molecule has 1 aliphatic heterocycles. The van der Waals surface area contributed by atoms with Gasteiger partial charge in [0.25, 0.3) is 0 Å². The van der Waals surface area contributed by atoms with Crippen LogP contribution in [0.1, 0.15) is 37.3 Å². The van der Waals surface area contributed by atoms with Gasteiger partial charge in [0.2, 0.25) is 0 Å². The fourth-order valence-electron chi connectivity index (χ4n) is 3.55. The Morgan fingerprint density at radius 1 is 1.14 bits per heavy atom. The smallest absolute Gasteiger partial charge is 0.319 e. The van der Waals surface area contributed by atoms with Gasteiger partial charge in [-0.2, -0.15) is 0 Å². The normalized spacial score (nSPS) is 15.2. The lowest BCUT2D eigenvalue weighted by molar-refractivity contribution is 0.196. The zero-order valence-electron chi connectivity index (χ0n) is 16.9. The number of benzene rings is 2. The lowest BCUT2D eigenvalue weighted by Crippen LogP contribution is -2.46. The van der Waals surface area contributed by atoms with Crippen molar-refractivity contribution >= 4 is 11.7 Å². The second kappa shape index (κ2) is 10.1. The second-order valence-corrected chi connectivity index (χ2v) is 7.49. The predicted molar refractivity (Wildman–Crippen MR) is 114 cm³/mol. The van der Waals surface area contributed by atoms with Gasteiger partial charge in [-0.05, 0) is 56.0 Å². The number of nitrogens with one attached hydrogen (secondary N) is 2. The molecule has 0 aromatic heterocycles. The third-order valence-corrected chi connectivity index (χ3v) is 5.09. The highest BCUT2D eigenvalue weighted by Gasteiger charge is 2.20. The molecule has 0 saturated carbocycles. The topological polar surface area (TPSA) is 53.6 Å². The number of urea groups is 1. The van der Waals surface area contributed by atoms with Gasteiger partial charge >= 0.3 is 6.03 Å². The summed E-state index contributed by atoms with van der Waals surface area (Å²) in [6.45, 7) is 7.94. The highest BCUT2D eigenvalue weighted by Crippen LogP contribution is 2.27. The summed E-state index contributed by atoms with van der Waals surface area (Å²) >= 11 is 0. The van der Waals surface area contributed by atoms with Gasteiger partial charge in [0, 0.05) is 19.1 Å². The minimum atomic E-state index is -0.164. The summed E-state index contributed by atoms with van der Waals surface area (Å²) in [5, 5.41) is 6.08. The molecule has 5 heteroatoms. The van der Waals surface area contributed by atoms with Gasteiger partial charge in [-0.15, -0.1) is 0 Å². The number of rotatable bonds is 7. The molecule has 1 heterocycles. The van der Waals surface area contributed by atoms with Crippen molar-refractivity contribution in [1.29, 1.82) is 0 Å². The minimum Gasteiger partial charge on any atom is -0.487 e. The molecule has 1 saturated heterocycles. The molecule has 2 aromatic carbocycles. The molecule has 28 heavy (non-hydrogen) atoms. The highest BCUT2D eigenvalue weighted by molar-refractivity contribution is 5.91. The summed E-state index contributed by atoms with van der Waals surface area (Å²) in [5.41, 5.74) is 2.89. The molecule has 1 fully saturated rings. The summed E-state index contributed by atoms with van der Waals surface area (Å²) in [7, 11) is 0. The quantitative estimate of drug-likeness (QED) is 0.739. The Morgan fingerprint density at radius 2 is 1.89 bits per heavy atom. The van der Waals surface area contributed by atoms with Gasteiger partial charge in [-0.3, -0.25) is 0 Å². The molecule has 0 spiro atoms. The Balaban J connectivity index is 1.55. The van der Waals surface area contributed by atoms with Crippen LogP contribution in [0.5, 0.6) is 5.75 Å². The van der Waals surface area contributed by atoms with Gasteiger partial charge in [0.15, 0.2) is 0 Å². The molecule has 2 amide bonds. The molecule has 0 bridgehead atoms. The lowest BCUT2D eigenvalue weighted by atomic mass is 10.1. The molecule has 2 N–H and O–H groups in total. The van der Waals surface area contributed by atoms with Crippen molar-refractivity contribution in [2.75, 3.05) is 25.0 Å². The van der Waals surface area contributed by atoms with E-state index in [-0.39, 0.29) is 12.1 Å². The third-order valence-electron chi connectivity index (χ3n) is 5.09. The van der Waals surface area contributed by atoms with E-state index >= 15 is 0 Å². The van der Waals surface area contributed by atoms with Crippen molar-refractivity contribution in [2.45, 2.75) is 45.8 Å². The van der Waals surface area contributed by atoms with Gasteiger partial charge in [0.1, 0.15) is 12.4 Å². The summed E-state index contributed by atoms with van der Waals surface area (Å²) in [5.74, 6) is 0.691. The summed E-state index contributed by atoms with van der Waals surface area (Å²) in [6.07, 6.45) is 3.18. The number of carbonyl (C=O) groups is 1. The molecule has 0 aliphatic carbocycles. The number of carbonyl (C=O) groups excluding carboxylic acids is 1. The molecule has 3 rings (SSSR count). The van der Waals surface area contributed by atoms with Gasteiger partial charge in [-0.1, -0.05) is 43.3 Å². The number of nitrogens with zero attached hydrogens (tertiary/aromatic N) is 1. The fourth-order valence-corrected chi connectivity index (χ4v) is 3.55. The van der Waals surface area contributed by atoms with Crippen LogP contribution in [0.3, 0.4) is 0 Å². The van der Waals surface area contributed by atoms with E-state index in [2.05, 4.69) is 22.5 Å². The average molecular weight is 382 g/mol. The Labute approximate surface area is 168 Å². The first-order valence-corrected chi connectivity index (χ1v) is 10.2. The minimum absolute atomic E-state index is 0.164. The summed E-state index contributed by atoms with van der Waals surface area (Å²) < 4.78 is 5.99. The Bertz CT molecular complexity index is 756. The number of likely N-dealkylation sites (tertiary alicyclic amines) is 1. The van der Waals surface area contributed by atoms with E-state index in [9.17, 15) is 4.79 Å². The number of amides is 2. The molecule has 0 unspecified atom stereocenters. The Morgan fingerprint density at radius 3 is 2.61 bits per heavy atom. The SMILES string of the molecule is CCCN1CCC(NC(=O)Nc2ccc(C)cc2OCc2ccccc2)CC1. The number of aryl methyl sites for hydroxylation is 1. The predicted octanol–water partition coefficient (Wildman–Crippen LogP) is 4.57. The third kappa shape index (κ3) is 5.99. The zero-order chi connectivity index (χ0) is 19.8. The average Bonchev–Trinajstić information content (AvgIpc) is 2.70. The van der Waals surface area contributed by atoms with Gasteiger partial charge < -0.3 is 20.3 Å². The maximum atomic E-state index is 12.5. The summed E-state index contributed by atoms with van der Waals surface area (Å²) in [4.78, 5) is 15.0. The van der Waals surface area contributed by atoms with Crippen LogP contribution in [0, 0.1) is 6.92 Å². The van der Waals surface area contributed by atoms with E-state index in [1.54, 1.807) is 0 Å². The van der Waals surface area contributed by atoms with Crippen LogP contribution in [0.4, 0.5) is 10.5 Å². The molecule has 2 aromatic rings. The van der Waals surface area contributed by atoms with Crippen molar-refractivity contribution in [3.63, 3.8) is 0 Å². The number of piperidine rings is 1. The maximum Gasteiger partial charge on any atom is 0.319 e. The van der Waals surface area contributed by atoms with Crippen LogP contribution in [0.2, 0.25) is 0 Å². The molecular weight excluding hydrogens is 350 g/mol. The van der Waals surface area contributed by atoms with E-state index in [4.69, 9.17) is 4.74 Å². The molecule has 5 nitrogen and oxygen atoms in total. The first-order chi connectivity index (χ1) is 13.6. The molecule has 0 atom stereocenters. The van der Waals surface area contributed by atoms with Crippen LogP contribution >= 0.6 is 0 Å². The van der Waals surface area contributed by atoms with Crippen LogP contribution in [-0.4, -0.2) is 36.6 Å². The van der Waals surface area contributed by atoms with Gasteiger partial charge in [-0.25, -0.2) is 4.79 Å². The molecule has 150 valence electrons. The zero-order valence-corrected chi connectivity index (χ0v) is 16.9. The van der Waals surface area contributed by atoms with E-state index in [0.717, 1.165) is 43.6 Å². The van der Waals surface area contributed by atoms with Gasteiger partial charge in [0.05, 0.1) is 5.69 Å². The van der Waals surface area contributed by atoms with Crippen LogP contribution in [0.25, 0.3) is 0 Å². The number of hydrogen-bond acceptors (Lipinski definition) is 3. The van der Waals surface area contributed by atoms with Crippen molar-refractivity contribution in [1.82, 2.24) is 10.2 Å². The van der Waals surface area contributed by atoms with E-state index in [1.165, 1.54) is 6.42 Å². The Kier molecular flexibility index (Phi) is 7.31. The number of anilines is 1. The first-order valence-electron chi connectivity index (χ1n) is 10.2. The van der Waals surface area contributed by atoms with E-state index in [0.29, 0.717) is 18.0 Å². The summed E-state index contributed by atoms with van der Waals surface area (Å²) in [6, 6.07) is 15.9. The monoisotopic (exact) mass is 381 g/mol. The molecule has 1 aliphatic rings. The van der Waals surface area contributed by atoms with Crippen molar-refractivity contribution in [3.8, 4) is 5.75 Å². The molecule has 0 radical (unpaired) electrons.